The Morgan fingerprint density at radius 3 is 1.73 bits per heavy atom. The maximum absolute atomic E-state index is 9.21. The minimum atomic E-state index is 0.364. The first-order valence-electron chi connectivity index (χ1n) is 15.0. The molecule has 0 saturated heterocycles. The summed E-state index contributed by atoms with van der Waals surface area (Å²) in [4.78, 5) is 4.22. The summed E-state index contributed by atoms with van der Waals surface area (Å²) in [6.07, 6.45) is 5.61. The molecule has 4 heteroatoms. The van der Waals surface area contributed by atoms with Gasteiger partial charge in [-0.3, -0.25) is 15.8 Å². The van der Waals surface area contributed by atoms with E-state index in [-0.39, 0.29) is 0 Å². The van der Waals surface area contributed by atoms with Gasteiger partial charge in [-0.05, 0) is 84.8 Å². The molecule has 0 bridgehead atoms. The van der Waals surface area contributed by atoms with E-state index in [1.54, 1.807) is 6.20 Å². The molecule has 0 fully saturated rings. The lowest BCUT2D eigenvalue weighted by atomic mass is 9.79. The van der Waals surface area contributed by atoms with Crippen molar-refractivity contribution in [3.63, 3.8) is 0 Å². The monoisotopic (exact) mass is 576 g/mol. The van der Waals surface area contributed by atoms with Crippen LogP contribution in [-0.2, 0) is 0 Å². The number of allylic oxidation sites excluding steroid dienone is 1. The zero-order valence-corrected chi connectivity index (χ0v) is 24.4. The van der Waals surface area contributed by atoms with Crippen LogP contribution in [0, 0.1) is 5.41 Å². The molecule has 0 aliphatic heterocycles. The molecule has 2 N–H and O–H groups in total. The fourth-order valence-corrected chi connectivity index (χ4v) is 6.41. The molecule has 6 aromatic carbocycles. The van der Waals surface area contributed by atoms with E-state index >= 15 is 0 Å². The second-order valence-corrected chi connectivity index (χ2v) is 11.1. The van der Waals surface area contributed by atoms with E-state index in [4.69, 9.17) is 5.10 Å². The molecule has 1 aliphatic carbocycles. The number of pyridine rings is 1. The van der Waals surface area contributed by atoms with Crippen LogP contribution in [-0.4, -0.2) is 16.4 Å². The van der Waals surface area contributed by atoms with Gasteiger partial charge in [0.25, 0.3) is 0 Å². The number of hydrogen-bond donors (Lipinski definition) is 2. The molecule has 0 unspecified atom stereocenters. The molecule has 0 saturated carbocycles. The van der Waals surface area contributed by atoms with Gasteiger partial charge < -0.3 is 0 Å². The highest BCUT2D eigenvalue weighted by Gasteiger charge is 2.26. The van der Waals surface area contributed by atoms with Crippen molar-refractivity contribution in [2.75, 3.05) is 5.43 Å². The van der Waals surface area contributed by atoms with Crippen LogP contribution in [0.2, 0.25) is 0 Å². The Hall–Kier alpha value is -6.13. The van der Waals surface area contributed by atoms with Crippen molar-refractivity contribution in [1.29, 1.82) is 5.41 Å². The minimum Gasteiger partial charge on any atom is -0.299 e. The number of aromatic nitrogens is 1. The Morgan fingerprint density at radius 1 is 0.511 bits per heavy atom. The van der Waals surface area contributed by atoms with E-state index in [1.165, 1.54) is 21.9 Å². The highest BCUT2D eigenvalue weighted by atomic mass is 15.3. The van der Waals surface area contributed by atoms with Crippen molar-refractivity contribution in [2.24, 2.45) is 5.10 Å². The second kappa shape index (κ2) is 11.2. The molecule has 0 radical (unpaired) electrons. The van der Waals surface area contributed by atoms with Crippen molar-refractivity contribution < 1.29 is 0 Å². The predicted molar refractivity (Wildman–Crippen MR) is 188 cm³/mol. The molecule has 0 amide bonds. The SMILES string of the molecule is N=C1C=C(c2c3ccccc3c(-c3ccccc3)c3ccccc23)c2ccccc2/C1=N/Nc1ccc(-c2cccnc2)cc1. The van der Waals surface area contributed by atoms with Gasteiger partial charge in [-0.25, -0.2) is 0 Å². The van der Waals surface area contributed by atoms with E-state index < -0.39 is 0 Å². The summed E-state index contributed by atoms with van der Waals surface area (Å²) in [5.41, 5.74) is 13.8. The van der Waals surface area contributed by atoms with Gasteiger partial charge >= 0.3 is 0 Å². The maximum atomic E-state index is 9.21. The van der Waals surface area contributed by atoms with E-state index in [2.05, 4.69) is 107 Å². The van der Waals surface area contributed by atoms with Crippen LogP contribution in [0.3, 0.4) is 0 Å². The van der Waals surface area contributed by atoms with Gasteiger partial charge in [0.15, 0.2) is 0 Å². The molecule has 212 valence electrons. The fourth-order valence-electron chi connectivity index (χ4n) is 6.41. The number of nitrogens with zero attached hydrogens (tertiary/aromatic N) is 2. The van der Waals surface area contributed by atoms with Crippen LogP contribution < -0.4 is 5.43 Å². The van der Waals surface area contributed by atoms with Crippen LogP contribution in [0.15, 0.2) is 163 Å². The van der Waals surface area contributed by atoms with Crippen molar-refractivity contribution in [3.8, 4) is 22.3 Å². The van der Waals surface area contributed by atoms with Gasteiger partial charge in [-0.2, -0.15) is 5.10 Å². The number of fused-ring (bicyclic) bond motifs is 3. The third-order valence-electron chi connectivity index (χ3n) is 8.46. The topological polar surface area (TPSA) is 61.1 Å². The number of anilines is 1. The third-order valence-corrected chi connectivity index (χ3v) is 8.46. The highest BCUT2D eigenvalue weighted by molar-refractivity contribution is 6.54. The summed E-state index contributed by atoms with van der Waals surface area (Å²) in [5, 5.41) is 18.7. The van der Waals surface area contributed by atoms with Crippen LogP contribution in [0.5, 0.6) is 0 Å². The maximum Gasteiger partial charge on any atom is 0.116 e. The molecular weight excluding hydrogens is 548 g/mol. The number of benzene rings is 6. The third kappa shape index (κ3) is 4.70. The molecule has 0 spiro atoms. The van der Waals surface area contributed by atoms with E-state index in [0.29, 0.717) is 11.4 Å². The summed E-state index contributed by atoms with van der Waals surface area (Å²) in [5.74, 6) is 0. The number of hydrogen-bond acceptors (Lipinski definition) is 4. The largest absolute Gasteiger partial charge is 0.299 e. The Morgan fingerprint density at radius 2 is 1.09 bits per heavy atom. The van der Waals surface area contributed by atoms with E-state index in [1.807, 2.05) is 54.7 Å². The molecule has 1 heterocycles. The summed E-state index contributed by atoms with van der Waals surface area (Å²) in [6.45, 7) is 0. The lowest BCUT2D eigenvalue weighted by Crippen LogP contribution is -2.21. The van der Waals surface area contributed by atoms with Gasteiger partial charge in [0.1, 0.15) is 5.71 Å². The fraction of sp³-hybridized carbons (Fsp3) is 0. The van der Waals surface area contributed by atoms with Crippen molar-refractivity contribution in [2.45, 2.75) is 0 Å². The lowest BCUT2D eigenvalue weighted by Gasteiger charge is -2.24. The summed E-state index contributed by atoms with van der Waals surface area (Å²) >= 11 is 0. The van der Waals surface area contributed by atoms with Crippen molar-refractivity contribution in [1.82, 2.24) is 4.98 Å². The average molecular weight is 577 g/mol. The molecule has 0 atom stereocenters. The average Bonchev–Trinajstić information content (AvgIpc) is 3.11. The first-order chi connectivity index (χ1) is 22.3. The zero-order valence-electron chi connectivity index (χ0n) is 24.4. The molecule has 7 aromatic rings. The molecule has 4 nitrogen and oxygen atoms in total. The lowest BCUT2D eigenvalue weighted by molar-refractivity contribution is 1.32. The zero-order chi connectivity index (χ0) is 30.2. The van der Waals surface area contributed by atoms with Gasteiger partial charge in [0, 0.05) is 18.0 Å². The Labute approximate surface area is 261 Å². The smallest absolute Gasteiger partial charge is 0.116 e. The predicted octanol–water partition coefficient (Wildman–Crippen LogP) is 10.0. The van der Waals surface area contributed by atoms with E-state index in [0.717, 1.165) is 49.9 Å². The van der Waals surface area contributed by atoms with E-state index in [9.17, 15) is 5.41 Å². The summed E-state index contributed by atoms with van der Waals surface area (Å²) < 4.78 is 0. The van der Waals surface area contributed by atoms with Gasteiger partial charge in [0.05, 0.1) is 11.4 Å². The molecule has 45 heavy (non-hydrogen) atoms. The Balaban J connectivity index is 1.25. The highest BCUT2D eigenvalue weighted by Crippen LogP contribution is 2.44. The first kappa shape index (κ1) is 26.5. The van der Waals surface area contributed by atoms with Gasteiger partial charge in [-0.1, -0.05) is 121 Å². The quantitative estimate of drug-likeness (QED) is 0.158. The minimum absolute atomic E-state index is 0.364. The van der Waals surface area contributed by atoms with Crippen LogP contribution in [0.1, 0.15) is 16.7 Å². The molecule has 1 aliphatic rings. The van der Waals surface area contributed by atoms with Crippen LogP contribution in [0.25, 0.3) is 49.4 Å². The summed E-state index contributed by atoms with van der Waals surface area (Å²) in [7, 11) is 0. The first-order valence-corrected chi connectivity index (χ1v) is 15.0. The number of rotatable bonds is 5. The molecular formula is C41H28N4. The molecule has 8 rings (SSSR count). The number of hydrazone groups is 1. The van der Waals surface area contributed by atoms with Crippen LogP contribution >= 0.6 is 0 Å². The Kier molecular flexibility index (Phi) is 6.58. The Bertz CT molecular complexity index is 2230. The van der Waals surface area contributed by atoms with Crippen molar-refractivity contribution >= 4 is 44.2 Å². The van der Waals surface area contributed by atoms with Gasteiger partial charge in [-0.15, -0.1) is 0 Å². The van der Waals surface area contributed by atoms with Crippen LogP contribution in [0.4, 0.5) is 5.69 Å². The van der Waals surface area contributed by atoms with Gasteiger partial charge in [0.2, 0.25) is 0 Å². The normalized spacial score (nSPS) is 13.6. The van der Waals surface area contributed by atoms with Crippen molar-refractivity contribution in [3.05, 3.63) is 175 Å². The molecule has 1 aromatic heterocycles. The summed E-state index contributed by atoms with van der Waals surface area (Å²) in [6, 6.07) is 48.2. The number of nitrogens with one attached hydrogen (secondary N) is 2. The second-order valence-electron chi connectivity index (χ2n) is 11.1. The standard InChI is InChI=1S/C41H28N4/c42-38-25-37(40-34-17-7-5-15-32(34)39(28-11-2-1-3-12-28)33-16-6-8-18-35(33)40)31-14-4-9-19-36(31)41(38)45-44-30-22-20-27(21-23-30)29-13-10-24-43-26-29/h1-26,42,44H/b42-38?,45-41-.